The Bertz CT molecular complexity index is 752. The van der Waals surface area contributed by atoms with Crippen LogP contribution < -0.4 is 5.32 Å². The van der Waals surface area contributed by atoms with Gasteiger partial charge in [0, 0.05) is 18.3 Å². The molecule has 1 aliphatic rings. The van der Waals surface area contributed by atoms with E-state index in [4.69, 9.17) is 0 Å². The summed E-state index contributed by atoms with van der Waals surface area (Å²) in [6.45, 7) is 7.68. The van der Waals surface area contributed by atoms with Gasteiger partial charge in [-0.2, -0.15) is 13.2 Å². The molecule has 0 radical (unpaired) electrons. The second-order valence-corrected chi connectivity index (χ2v) is 8.19. The summed E-state index contributed by atoms with van der Waals surface area (Å²) < 4.78 is 39.2. The Kier molecular flexibility index (Phi) is 8.29. The van der Waals surface area contributed by atoms with Crippen molar-refractivity contribution in [3.63, 3.8) is 0 Å². The summed E-state index contributed by atoms with van der Waals surface area (Å²) in [5.74, 6) is -2.03. The second-order valence-electron chi connectivity index (χ2n) is 8.19. The maximum atomic E-state index is 13.1. The van der Waals surface area contributed by atoms with E-state index in [0.29, 0.717) is 25.1 Å². The molecule has 1 aromatic carbocycles. The van der Waals surface area contributed by atoms with Crippen molar-refractivity contribution in [1.82, 2.24) is 9.80 Å². The molecule has 0 aliphatic carbocycles. The lowest BCUT2D eigenvalue weighted by atomic mass is 9.97. The summed E-state index contributed by atoms with van der Waals surface area (Å²) in [5, 5.41) is 2.85. The highest BCUT2D eigenvalue weighted by Gasteiger charge is 2.42. The standard InChI is InChI=1S/C22H32F3N3O2/c1-5-16(3)28(13-20(29)26-19-10-6-8-15(2)17(19)4)21(30)14-27-11-7-9-18(12-27)22(23,24)25/h6,8,10,16,18H,5,7,9,11-14H2,1-4H3,(H,26,29)/t16-,18-/m1/s1. The van der Waals surface area contributed by atoms with Crippen molar-refractivity contribution < 1.29 is 22.8 Å². The molecule has 30 heavy (non-hydrogen) atoms. The summed E-state index contributed by atoms with van der Waals surface area (Å²) in [6, 6.07) is 5.42. The van der Waals surface area contributed by atoms with E-state index in [-0.39, 0.29) is 43.9 Å². The van der Waals surface area contributed by atoms with Crippen LogP contribution in [-0.2, 0) is 9.59 Å². The van der Waals surface area contributed by atoms with Crippen LogP contribution in [0.5, 0.6) is 0 Å². The zero-order chi connectivity index (χ0) is 22.5. The summed E-state index contributed by atoms with van der Waals surface area (Å²) in [6.07, 6.45) is -3.09. The first kappa shape index (κ1) is 24.2. The molecule has 2 rings (SSSR count). The third kappa shape index (κ3) is 6.45. The highest BCUT2D eigenvalue weighted by molar-refractivity contribution is 5.95. The number of likely N-dealkylation sites (tertiary alicyclic amines) is 1. The topological polar surface area (TPSA) is 52.7 Å². The second kappa shape index (κ2) is 10.3. The number of piperidine rings is 1. The minimum Gasteiger partial charge on any atom is -0.330 e. The largest absolute Gasteiger partial charge is 0.393 e. The lowest BCUT2D eigenvalue weighted by Crippen LogP contribution is -2.50. The highest BCUT2D eigenvalue weighted by Crippen LogP contribution is 2.33. The number of benzene rings is 1. The Morgan fingerprint density at radius 3 is 2.63 bits per heavy atom. The molecule has 1 heterocycles. The smallest absolute Gasteiger partial charge is 0.330 e. The summed E-state index contributed by atoms with van der Waals surface area (Å²) in [5.41, 5.74) is 2.70. The average molecular weight is 428 g/mol. The highest BCUT2D eigenvalue weighted by atomic mass is 19.4. The molecule has 0 spiro atoms. The van der Waals surface area contributed by atoms with Gasteiger partial charge in [-0.05, 0) is 63.8 Å². The van der Waals surface area contributed by atoms with Gasteiger partial charge in [-0.15, -0.1) is 0 Å². The number of hydrogen-bond donors (Lipinski definition) is 1. The van der Waals surface area contributed by atoms with Crippen molar-refractivity contribution in [2.24, 2.45) is 5.92 Å². The molecule has 0 unspecified atom stereocenters. The van der Waals surface area contributed by atoms with Gasteiger partial charge in [-0.3, -0.25) is 14.5 Å². The number of rotatable bonds is 7. The number of carbonyl (C=O) groups excluding carboxylic acids is 2. The molecule has 0 saturated carbocycles. The fourth-order valence-corrected chi connectivity index (χ4v) is 3.69. The first-order valence-electron chi connectivity index (χ1n) is 10.5. The molecular formula is C22H32F3N3O2. The Balaban J connectivity index is 2.03. The minimum atomic E-state index is -4.25. The van der Waals surface area contributed by atoms with E-state index in [2.05, 4.69) is 5.32 Å². The quantitative estimate of drug-likeness (QED) is 0.712. The molecule has 0 aromatic heterocycles. The van der Waals surface area contributed by atoms with Crippen molar-refractivity contribution >= 4 is 17.5 Å². The number of halogens is 3. The van der Waals surface area contributed by atoms with E-state index in [1.165, 1.54) is 4.90 Å². The molecule has 1 fully saturated rings. The Labute approximate surface area is 176 Å². The SMILES string of the molecule is CC[C@@H](C)N(CC(=O)Nc1cccc(C)c1C)C(=O)CN1CCC[C@@H](C(F)(F)F)C1. The fourth-order valence-electron chi connectivity index (χ4n) is 3.69. The summed E-state index contributed by atoms with van der Waals surface area (Å²) in [4.78, 5) is 28.5. The van der Waals surface area contributed by atoms with Gasteiger partial charge in [0.1, 0.15) is 6.54 Å². The van der Waals surface area contributed by atoms with Gasteiger partial charge in [0.15, 0.2) is 0 Å². The van der Waals surface area contributed by atoms with Crippen LogP contribution in [0.4, 0.5) is 18.9 Å². The maximum absolute atomic E-state index is 13.1. The van der Waals surface area contributed by atoms with Crippen LogP contribution in [0.2, 0.25) is 0 Å². The van der Waals surface area contributed by atoms with Crippen molar-refractivity contribution in [2.75, 3.05) is 31.5 Å². The van der Waals surface area contributed by atoms with Crippen LogP contribution >= 0.6 is 0 Å². The van der Waals surface area contributed by atoms with E-state index in [1.807, 2.05) is 39.8 Å². The lowest BCUT2D eigenvalue weighted by Gasteiger charge is -2.35. The van der Waals surface area contributed by atoms with Crippen molar-refractivity contribution in [3.05, 3.63) is 29.3 Å². The zero-order valence-corrected chi connectivity index (χ0v) is 18.2. The first-order valence-corrected chi connectivity index (χ1v) is 10.5. The van der Waals surface area contributed by atoms with Gasteiger partial charge in [0.05, 0.1) is 12.5 Å². The number of amides is 2. The predicted molar refractivity (Wildman–Crippen MR) is 111 cm³/mol. The first-order chi connectivity index (χ1) is 14.0. The Hall–Kier alpha value is -2.09. The van der Waals surface area contributed by atoms with Crippen LogP contribution in [0.1, 0.15) is 44.2 Å². The normalized spacial score (nSPS) is 18.7. The lowest BCUT2D eigenvalue weighted by molar-refractivity contribution is -0.187. The maximum Gasteiger partial charge on any atom is 0.393 e. The number of anilines is 1. The number of carbonyl (C=O) groups is 2. The molecule has 1 aromatic rings. The predicted octanol–water partition coefficient (Wildman–Crippen LogP) is 4.14. The van der Waals surface area contributed by atoms with Crippen LogP contribution in [0.15, 0.2) is 18.2 Å². The van der Waals surface area contributed by atoms with Crippen LogP contribution in [0.3, 0.4) is 0 Å². The average Bonchev–Trinajstić information content (AvgIpc) is 2.68. The molecule has 8 heteroatoms. The molecule has 1 aliphatic heterocycles. The Morgan fingerprint density at radius 2 is 2.00 bits per heavy atom. The molecule has 2 amide bonds. The van der Waals surface area contributed by atoms with Gasteiger partial charge < -0.3 is 10.2 Å². The molecule has 0 bridgehead atoms. The molecule has 1 saturated heterocycles. The molecule has 5 nitrogen and oxygen atoms in total. The van der Waals surface area contributed by atoms with E-state index in [0.717, 1.165) is 11.1 Å². The fraction of sp³-hybridized carbons (Fsp3) is 0.636. The molecule has 168 valence electrons. The Morgan fingerprint density at radius 1 is 1.30 bits per heavy atom. The molecule has 1 N–H and O–H groups in total. The third-order valence-electron chi connectivity index (χ3n) is 5.96. The van der Waals surface area contributed by atoms with Crippen LogP contribution in [0.25, 0.3) is 0 Å². The molecular weight excluding hydrogens is 395 g/mol. The monoisotopic (exact) mass is 427 g/mol. The number of aryl methyl sites for hydroxylation is 1. The summed E-state index contributed by atoms with van der Waals surface area (Å²) >= 11 is 0. The van der Waals surface area contributed by atoms with E-state index in [9.17, 15) is 22.8 Å². The van der Waals surface area contributed by atoms with E-state index >= 15 is 0 Å². The van der Waals surface area contributed by atoms with Crippen molar-refractivity contribution in [1.29, 1.82) is 0 Å². The zero-order valence-electron chi connectivity index (χ0n) is 18.2. The number of alkyl halides is 3. The van der Waals surface area contributed by atoms with Crippen molar-refractivity contribution in [2.45, 2.75) is 59.2 Å². The minimum absolute atomic E-state index is 0.0987. The van der Waals surface area contributed by atoms with Crippen molar-refractivity contribution in [3.8, 4) is 0 Å². The van der Waals surface area contributed by atoms with Gasteiger partial charge in [0.2, 0.25) is 11.8 Å². The van der Waals surface area contributed by atoms with Crippen LogP contribution in [0, 0.1) is 19.8 Å². The van der Waals surface area contributed by atoms with Gasteiger partial charge in [-0.1, -0.05) is 19.1 Å². The summed E-state index contributed by atoms with van der Waals surface area (Å²) in [7, 11) is 0. The number of hydrogen-bond acceptors (Lipinski definition) is 3. The number of nitrogens with zero attached hydrogens (tertiary/aromatic N) is 2. The molecule has 2 atom stereocenters. The third-order valence-corrected chi connectivity index (χ3v) is 5.96. The number of nitrogens with one attached hydrogen (secondary N) is 1. The van der Waals surface area contributed by atoms with E-state index < -0.39 is 12.1 Å². The van der Waals surface area contributed by atoms with E-state index in [1.54, 1.807) is 11.0 Å². The van der Waals surface area contributed by atoms with Gasteiger partial charge in [-0.25, -0.2) is 0 Å². The van der Waals surface area contributed by atoms with Gasteiger partial charge >= 0.3 is 6.18 Å². The van der Waals surface area contributed by atoms with Gasteiger partial charge in [0.25, 0.3) is 0 Å². The van der Waals surface area contributed by atoms with Crippen LogP contribution in [-0.4, -0.2) is 60.0 Å².